The molecule has 0 spiro atoms. The van der Waals surface area contributed by atoms with Crippen molar-refractivity contribution in [2.24, 2.45) is 0 Å². The summed E-state index contributed by atoms with van der Waals surface area (Å²) in [6.07, 6.45) is -2.21. The molecule has 2 aromatic rings. The Morgan fingerprint density at radius 2 is 1.89 bits per heavy atom. The Morgan fingerprint density at radius 3 is 2.42 bits per heavy atom. The zero-order chi connectivity index (χ0) is 14.0. The summed E-state index contributed by atoms with van der Waals surface area (Å²) in [5.41, 5.74) is -0.838. The monoisotopic (exact) mass is 268 g/mol. The Labute approximate surface area is 105 Å². The molecule has 0 atom stereocenters. The molecular formula is C12H7F3N2O2. The van der Waals surface area contributed by atoms with Gasteiger partial charge in [-0.05, 0) is 24.3 Å². The number of hydrogen-bond acceptors (Lipinski definition) is 3. The Bertz CT molecular complexity index is 609. The number of halogens is 3. The lowest BCUT2D eigenvalue weighted by Gasteiger charge is -2.07. The van der Waals surface area contributed by atoms with Gasteiger partial charge < -0.3 is 5.11 Å². The summed E-state index contributed by atoms with van der Waals surface area (Å²) in [6.45, 7) is 0. The molecule has 7 heteroatoms. The maximum absolute atomic E-state index is 12.4. The number of nitrogens with zero attached hydrogens (tertiary/aromatic N) is 2. The van der Waals surface area contributed by atoms with E-state index in [1.165, 1.54) is 18.3 Å². The molecule has 0 saturated heterocycles. The molecule has 2 heterocycles. The third-order valence-corrected chi connectivity index (χ3v) is 2.37. The molecule has 0 aliphatic heterocycles. The number of rotatable bonds is 2. The Balaban J connectivity index is 2.46. The van der Waals surface area contributed by atoms with Gasteiger partial charge in [0.2, 0.25) is 0 Å². The third kappa shape index (κ3) is 2.70. The van der Waals surface area contributed by atoms with E-state index < -0.39 is 17.8 Å². The molecule has 0 radical (unpaired) electrons. The van der Waals surface area contributed by atoms with Gasteiger partial charge in [0.05, 0.1) is 11.3 Å². The van der Waals surface area contributed by atoms with E-state index >= 15 is 0 Å². The highest BCUT2D eigenvalue weighted by Gasteiger charge is 2.32. The van der Waals surface area contributed by atoms with Crippen LogP contribution in [0.3, 0.4) is 0 Å². The van der Waals surface area contributed by atoms with Crippen molar-refractivity contribution in [3.63, 3.8) is 0 Å². The van der Waals surface area contributed by atoms with Crippen molar-refractivity contribution in [1.29, 1.82) is 0 Å². The number of carboxylic acids is 1. The van der Waals surface area contributed by atoms with Crippen molar-refractivity contribution in [3.8, 4) is 11.3 Å². The standard InChI is InChI=1S/C12H7F3N2O2/c13-12(14,15)9-4-3-7(6-17-9)10-8(11(18)19)2-1-5-16-10/h1-6H,(H,18,19). The lowest BCUT2D eigenvalue weighted by molar-refractivity contribution is -0.141. The zero-order valence-corrected chi connectivity index (χ0v) is 9.35. The second-order valence-electron chi connectivity index (χ2n) is 3.63. The normalized spacial score (nSPS) is 11.3. The van der Waals surface area contributed by atoms with Crippen molar-refractivity contribution < 1.29 is 23.1 Å². The summed E-state index contributed by atoms with van der Waals surface area (Å²) in [7, 11) is 0. The summed E-state index contributed by atoms with van der Waals surface area (Å²) in [6, 6.07) is 4.69. The quantitative estimate of drug-likeness (QED) is 0.909. The van der Waals surface area contributed by atoms with Crippen LogP contribution in [-0.4, -0.2) is 21.0 Å². The van der Waals surface area contributed by atoms with Crippen molar-refractivity contribution in [3.05, 3.63) is 47.9 Å². The van der Waals surface area contributed by atoms with Crippen LogP contribution in [0.1, 0.15) is 16.1 Å². The lowest BCUT2D eigenvalue weighted by Crippen LogP contribution is -2.08. The minimum absolute atomic E-state index is 0.0798. The van der Waals surface area contributed by atoms with Crippen molar-refractivity contribution in [2.45, 2.75) is 6.18 Å². The van der Waals surface area contributed by atoms with Gasteiger partial charge in [-0.1, -0.05) is 0 Å². The highest BCUT2D eigenvalue weighted by Crippen LogP contribution is 2.29. The molecule has 0 fully saturated rings. The van der Waals surface area contributed by atoms with Gasteiger partial charge in [-0.15, -0.1) is 0 Å². The van der Waals surface area contributed by atoms with E-state index in [0.29, 0.717) is 0 Å². The highest BCUT2D eigenvalue weighted by atomic mass is 19.4. The van der Waals surface area contributed by atoms with Crippen LogP contribution in [-0.2, 0) is 6.18 Å². The lowest BCUT2D eigenvalue weighted by atomic mass is 10.1. The first-order valence-electron chi connectivity index (χ1n) is 5.11. The molecule has 0 unspecified atom stereocenters. The zero-order valence-electron chi connectivity index (χ0n) is 9.35. The highest BCUT2D eigenvalue weighted by molar-refractivity contribution is 5.94. The minimum Gasteiger partial charge on any atom is -0.478 e. The Kier molecular flexibility index (Phi) is 3.20. The van der Waals surface area contributed by atoms with Gasteiger partial charge in [-0.3, -0.25) is 9.97 Å². The van der Waals surface area contributed by atoms with Gasteiger partial charge >= 0.3 is 12.1 Å². The second-order valence-corrected chi connectivity index (χ2v) is 3.63. The van der Waals surface area contributed by atoms with E-state index in [4.69, 9.17) is 5.11 Å². The molecule has 4 nitrogen and oxygen atoms in total. The molecule has 0 bridgehead atoms. The smallest absolute Gasteiger partial charge is 0.433 e. The fourth-order valence-corrected chi connectivity index (χ4v) is 1.51. The first-order chi connectivity index (χ1) is 8.89. The Hall–Kier alpha value is -2.44. The molecule has 2 aromatic heterocycles. The van der Waals surface area contributed by atoms with Gasteiger partial charge in [0, 0.05) is 18.0 Å². The van der Waals surface area contributed by atoms with E-state index in [1.54, 1.807) is 0 Å². The average molecular weight is 268 g/mol. The van der Waals surface area contributed by atoms with Crippen molar-refractivity contribution in [2.75, 3.05) is 0 Å². The molecule has 0 aromatic carbocycles. The van der Waals surface area contributed by atoms with Gasteiger partial charge in [-0.2, -0.15) is 13.2 Å². The number of aromatic carboxylic acids is 1. The minimum atomic E-state index is -4.53. The van der Waals surface area contributed by atoms with E-state index in [-0.39, 0.29) is 16.8 Å². The first kappa shape index (κ1) is 13.0. The number of alkyl halides is 3. The van der Waals surface area contributed by atoms with Gasteiger partial charge in [0.15, 0.2) is 0 Å². The van der Waals surface area contributed by atoms with Crippen molar-refractivity contribution >= 4 is 5.97 Å². The molecule has 0 aliphatic rings. The van der Waals surface area contributed by atoms with Gasteiger partial charge in [-0.25, -0.2) is 4.79 Å². The van der Waals surface area contributed by atoms with Crippen LogP contribution in [0.4, 0.5) is 13.2 Å². The van der Waals surface area contributed by atoms with E-state index in [0.717, 1.165) is 18.3 Å². The molecule has 2 rings (SSSR count). The predicted octanol–water partition coefficient (Wildman–Crippen LogP) is 2.86. The largest absolute Gasteiger partial charge is 0.478 e. The molecular weight excluding hydrogens is 261 g/mol. The fraction of sp³-hybridized carbons (Fsp3) is 0.0833. The predicted molar refractivity (Wildman–Crippen MR) is 59.4 cm³/mol. The van der Waals surface area contributed by atoms with Crippen LogP contribution in [0.5, 0.6) is 0 Å². The molecule has 0 aliphatic carbocycles. The summed E-state index contributed by atoms with van der Waals surface area (Å²) in [5.74, 6) is -1.21. The van der Waals surface area contributed by atoms with Gasteiger partial charge in [0.1, 0.15) is 5.69 Å². The van der Waals surface area contributed by atoms with E-state index in [2.05, 4.69) is 9.97 Å². The van der Waals surface area contributed by atoms with E-state index in [9.17, 15) is 18.0 Å². The molecule has 0 amide bonds. The molecule has 0 saturated carbocycles. The number of pyridine rings is 2. The van der Waals surface area contributed by atoms with Gasteiger partial charge in [0.25, 0.3) is 0 Å². The number of carboxylic acid groups (broad SMARTS) is 1. The van der Waals surface area contributed by atoms with Crippen LogP contribution in [0.2, 0.25) is 0 Å². The summed E-state index contributed by atoms with van der Waals surface area (Å²) in [5, 5.41) is 8.97. The van der Waals surface area contributed by atoms with Crippen LogP contribution >= 0.6 is 0 Å². The Morgan fingerprint density at radius 1 is 1.16 bits per heavy atom. The maximum Gasteiger partial charge on any atom is 0.433 e. The fourth-order valence-electron chi connectivity index (χ4n) is 1.51. The van der Waals surface area contributed by atoms with Crippen LogP contribution in [0.25, 0.3) is 11.3 Å². The van der Waals surface area contributed by atoms with Crippen LogP contribution < -0.4 is 0 Å². The topological polar surface area (TPSA) is 63.1 Å². The number of aromatic nitrogens is 2. The molecule has 19 heavy (non-hydrogen) atoms. The summed E-state index contributed by atoms with van der Waals surface area (Å²) >= 11 is 0. The average Bonchev–Trinajstić information content (AvgIpc) is 2.38. The summed E-state index contributed by atoms with van der Waals surface area (Å²) < 4.78 is 37.1. The van der Waals surface area contributed by atoms with Crippen molar-refractivity contribution in [1.82, 2.24) is 9.97 Å². The number of hydrogen-bond donors (Lipinski definition) is 1. The molecule has 1 N–H and O–H groups in total. The third-order valence-electron chi connectivity index (χ3n) is 2.37. The van der Waals surface area contributed by atoms with Crippen LogP contribution in [0.15, 0.2) is 36.7 Å². The SMILES string of the molecule is O=C(O)c1cccnc1-c1ccc(C(F)(F)F)nc1. The molecule has 98 valence electrons. The van der Waals surface area contributed by atoms with Crippen LogP contribution in [0, 0.1) is 0 Å². The number of carbonyl (C=O) groups is 1. The maximum atomic E-state index is 12.4. The second kappa shape index (κ2) is 4.68. The summed E-state index contributed by atoms with van der Waals surface area (Å²) in [4.78, 5) is 18.1. The van der Waals surface area contributed by atoms with E-state index in [1.807, 2.05) is 0 Å². The first-order valence-corrected chi connectivity index (χ1v) is 5.11.